The second kappa shape index (κ2) is 8.82. The lowest BCUT2D eigenvalue weighted by molar-refractivity contribution is -0.0928. The number of aliphatic hydroxyl groups is 1. The minimum atomic E-state index is -0.930. The fourth-order valence-electron chi connectivity index (χ4n) is 4.94. The normalized spacial score (nSPS) is 17.7. The van der Waals surface area contributed by atoms with E-state index in [1.54, 1.807) is 32.4 Å². The highest BCUT2D eigenvalue weighted by Gasteiger charge is 2.33. The number of morpholine rings is 1. The van der Waals surface area contributed by atoms with E-state index in [4.69, 9.17) is 4.74 Å². The first-order valence-electron chi connectivity index (χ1n) is 12.2. The fraction of sp³-hybridized carbons (Fsp3) is 0.296. The highest BCUT2D eigenvalue weighted by Crippen LogP contribution is 2.35. The van der Waals surface area contributed by atoms with Crippen molar-refractivity contribution in [2.45, 2.75) is 32.1 Å². The molecule has 5 heterocycles. The summed E-state index contributed by atoms with van der Waals surface area (Å²) in [4.78, 5) is 23.8. The number of carbonyl (C=O) groups excluding carboxylic acids is 1. The second-order valence-electron chi connectivity index (χ2n) is 9.90. The van der Waals surface area contributed by atoms with Crippen LogP contribution in [0, 0.1) is 5.82 Å². The molecule has 9 nitrogen and oxygen atoms in total. The predicted molar refractivity (Wildman–Crippen MR) is 138 cm³/mol. The van der Waals surface area contributed by atoms with Gasteiger partial charge in [0.15, 0.2) is 0 Å². The lowest BCUT2D eigenvalue weighted by Crippen LogP contribution is -2.52. The number of carbonyl (C=O) groups is 1. The fourth-order valence-corrected chi connectivity index (χ4v) is 4.94. The van der Waals surface area contributed by atoms with Gasteiger partial charge in [0.05, 0.1) is 47.2 Å². The molecule has 1 amide bonds. The zero-order valence-corrected chi connectivity index (χ0v) is 20.5. The minimum Gasteiger partial charge on any atom is -0.388 e. The van der Waals surface area contributed by atoms with Crippen molar-refractivity contribution in [2.24, 2.45) is 0 Å². The van der Waals surface area contributed by atoms with Crippen LogP contribution in [0.3, 0.4) is 0 Å². The van der Waals surface area contributed by atoms with Crippen LogP contribution in [0.1, 0.15) is 29.8 Å². The number of hydrogen-bond acceptors (Lipinski definition) is 7. The summed E-state index contributed by atoms with van der Waals surface area (Å²) in [7, 11) is 0. The Morgan fingerprint density at radius 3 is 2.84 bits per heavy atom. The van der Waals surface area contributed by atoms with Gasteiger partial charge in [0.1, 0.15) is 23.4 Å². The van der Waals surface area contributed by atoms with E-state index in [1.807, 2.05) is 28.7 Å². The molecule has 0 unspecified atom stereocenters. The number of imidazole rings is 1. The first kappa shape index (κ1) is 23.4. The van der Waals surface area contributed by atoms with Crippen molar-refractivity contribution in [3.63, 3.8) is 0 Å². The van der Waals surface area contributed by atoms with Crippen LogP contribution >= 0.6 is 0 Å². The third-order valence-electron chi connectivity index (χ3n) is 6.95. The summed E-state index contributed by atoms with van der Waals surface area (Å²) in [6.45, 7) is 5.71. The number of ether oxygens (including phenoxy) is 1. The van der Waals surface area contributed by atoms with Crippen molar-refractivity contribution >= 4 is 28.7 Å². The molecule has 0 spiro atoms. The van der Waals surface area contributed by atoms with Crippen molar-refractivity contribution in [2.75, 3.05) is 29.9 Å². The number of nitrogens with zero attached hydrogens (tertiary/aromatic N) is 4. The van der Waals surface area contributed by atoms with Crippen molar-refractivity contribution in [1.82, 2.24) is 19.7 Å². The highest BCUT2D eigenvalue weighted by atomic mass is 19.1. The molecule has 3 aromatic heterocycles. The summed E-state index contributed by atoms with van der Waals surface area (Å²) in [5.41, 5.74) is 4.21. The van der Waals surface area contributed by atoms with Gasteiger partial charge in [-0.2, -0.15) is 0 Å². The van der Waals surface area contributed by atoms with Crippen LogP contribution in [0.5, 0.6) is 0 Å². The lowest BCUT2D eigenvalue weighted by Gasteiger charge is -2.39. The van der Waals surface area contributed by atoms with Crippen LogP contribution in [0.15, 0.2) is 55.0 Å². The maximum absolute atomic E-state index is 13.6. The Bertz CT molecular complexity index is 1490. The van der Waals surface area contributed by atoms with Crippen LogP contribution < -0.4 is 15.5 Å². The van der Waals surface area contributed by atoms with Crippen LogP contribution in [0.2, 0.25) is 0 Å². The number of fused-ring (bicyclic) bond motifs is 2. The first-order chi connectivity index (χ1) is 17.8. The third-order valence-corrected chi connectivity index (χ3v) is 6.95. The van der Waals surface area contributed by atoms with Crippen LogP contribution in [-0.2, 0) is 11.3 Å². The molecule has 1 fully saturated rings. The number of rotatable bonds is 5. The van der Waals surface area contributed by atoms with Gasteiger partial charge in [-0.05, 0) is 43.7 Å². The molecule has 0 aliphatic carbocycles. The van der Waals surface area contributed by atoms with E-state index in [0.717, 1.165) is 22.5 Å². The zero-order chi connectivity index (χ0) is 25.7. The molecule has 2 aliphatic rings. The summed E-state index contributed by atoms with van der Waals surface area (Å²) in [5, 5.41) is 16.5. The number of aromatic nitrogens is 3. The molecule has 190 valence electrons. The van der Waals surface area contributed by atoms with E-state index in [-0.39, 0.29) is 17.8 Å². The van der Waals surface area contributed by atoms with E-state index >= 15 is 0 Å². The third kappa shape index (κ3) is 4.28. The Morgan fingerprint density at radius 2 is 2.05 bits per heavy atom. The number of halogens is 1. The lowest BCUT2D eigenvalue weighted by atomic mass is 9.99. The van der Waals surface area contributed by atoms with Gasteiger partial charge in [-0.15, -0.1) is 0 Å². The number of pyridine rings is 2. The zero-order valence-electron chi connectivity index (χ0n) is 20.5. The van der Waals surface area contributed by atoms with E-state index in [9.17, 15) is 14.3 Å². The van der Waals surface area contributed by atoms with Crippen LogP contribution in [-0.4, -0.2) is 56.8 Å². The largest absolute Gasteiger partial charge is 0.388 e. The van der Waals surface area contributed by atoms with E-state index in [0.29, 0.717) is 49.0 Å². The molecule has 1 saturated heterocycles. The Hall–Kier alpha value is -4.02. The van der Waals surface area contributed by atoms with Gasteiger partial charge >= 0.3 is 0 Å². The summed E-state index contributed by atoms with van der Waals surface area (Å²) in [6, 6.07) is 10.4. The molecule has 4 aromatic rings. The summed E-state index contributed by atoms with van der Waals surface area (Å²) >= 11 is 0. The number of benzene rings is 1. The Labute approximate surface area is 212 Å². The molecule has 10 heteroatoms. The quantitative estimate of drug-likeness (QED) is 0.384. The van der Waals surface area contributed by atoms with Gasteiger partial charge in [0.25, 0.3) is 5.91 Å². The molecule has 0 saturated carbocycles. The number of anilines is 3. The van der Waals surface area contributed by atoms with Crippen molar-refractivity contribution in [3.8, 4) is 11.3 Å². The van der Waals surface area contributed by atoms with E-state index < -0.39 is 5.60 Å². The molecular weight excluding hydrogens is 475 g/mol. The smallest absolute Gasteiger partial charge is 0.254 e. The minimum absolute atomic E-state index is 0.165. The Kier molecular flexibility index (Phi) is 5.58. The van der Waals surface area contributed by atoms with Gasteiger partial charge in [-0.1, -0.05) is 6.07 Å². The van der Waals surface area contributed by atoms with Crippen molar-refractivity contribution < 1.29 is 19.0 Å². The molecule has 1 aromatic carbocycles. The molecule has 1 atom stereocenters. The van der Waals surface area contributed by atoms with Gasteiger partial charge in [0, 0.05) is 37.5 Å². The van der Waals surface area contributed by atoms with Gasteiger partial charge in [-0.25, -0.2) is 14.4 Å². The molecule has 0 bridgehead atoms. The summed E-state index contributed by atoms with van der Waals surface area (Å²) in [6.07, 6.45) is 4.82. The molecule has 3 N–H and O–H groups in total. The number of nitrogens with one attached hydrogen (secondary N) is 2. The topological polar surface area (TPSA) is 104 Å². The van der Waals surface area contributed by atoms with Crippen molar-refractivity contribution in [1.29, 1.82) is 0 Å². The molecule has 6 rings (SSSR count). The average molecular weight is 503 g/mol. The summed E-state index contributed by atoms with van der Waals surface area (Å²) in [5.74, 6) is 0.0910. The van der Waals surface area contributed by atoms with Gasteiger partial charge < -0.3 is 25.4 Å². The summed E-state index contributed by atoms with van der Waals surface area (Å²) < 4.78 is 21.2. The van der Waals surface area contributed by atoms with Gasteiger partial charge in [0.2, 0.25) is 0 Å². The van der Waals surface area contributed by atoms with Crippen LogP contribution in [0.4, 0.5) is 21.6 Å². The van der Waals surface area contributed by atoms with Crippen molar-refractivity contribution in [3.05, 3.63) is 71.9 Å². The van der Waals surface area contributed by atoms with Crippen LogP contribution in [0.25, 0.3) is 16.9 Å². The SMILES string of the molecule is CC(C)(O)[C@H]1CN(c2ccc(Nc3ccc(-c4cnc5cc(F)ccn45)c4c3C(=O)NC4)nc2)CCO1. The number of amides is 1. The maximum Gasteiger partial charge on any atom is 0.254 e. The monoisotopic (exact) mass is 502 g/mol. The van der Waals surface area contributed by atoms with E-state index in [1.165, 1.54) is 12.1 Å². The molecule has 0 radical (unpaired) electrons. The standard InChI is InChI=1S/C27H27FN6O3/c1-27(2,36)22-15-33(9-10-37-22)17-3-6-23(29-12-17)32-20-5-4-18(19-13-31-26(35)25(19)20)21-14-30-24-11-16(28)7-8-34(21)24/h3-8,11-12,14,22,36H,9-10,13,15H2,1-2H3,(H,29,32)(H,31,35)/t22-/m1/s1. The molecular formula is C27H27FN6O3. The first-order valence-corrected chi connectivity index (χ1v) is 12.2. The molecule has 2 aliphatic heterocycles. The van der Waals surface area contributed by atoms with E-state index in [2.05, 4.69) is 25.5 Å². The number of hydrogen-bond donors (Lipinski definition) is 3. The van der Waals surface area contributed by atoms with Gasteiger partial charge in [-0.3, -0.25) is 9.20 Å². The average Bonchev–Trinajstić information content (AvgIpc) is 3.48. The predicted octanol–water partition coefficient (Wildman–Crippen LogP) is 3.50. The second-order valence-corrected chi connectivity index (χ2v) is 9.90. The highest BCUT2D eigenvalue weighted by molar-refractivity contribution is 6.06. The maximum atomic E-state index is 13.6. The molecule has 37 heavy (non-hydrogen) atoms. The Morgan fingerprint density at radius 1 is 1.19 bits per heavy atom. The Balaban J connectivity index is 1.27.